The van der Waals surface area contributed by atoms with Gasteiger partial charge in [-0.15, -0.1) is 11.3 Å². The van der Waals surface area contributed by atoms with Crippen molar-refractivity contribution in [2.45, 2.75) is 0 Å². The second-order valence-corrected chi connectivity index (χ2v) is 4.88. The van der Waals surface area contributed by atoms with E-state index in [1.165, 1.54) is 0 Å². The number of hydrogen-bond donors (Lipinski definition) is 1. The maximum atomic E-state index is 9.25. The Bertz CT molecular complexity index is 742. The van der Waals surface area contributed by atoms with Gasteiger partial charge in [-0.3, -0.25) is 0 Å². The molecule has 2 nitrogen and oxygen atoms in total. The van der Waals surface area contributed by atoms with Crippen LogP contribution in [0.5, 0.6) is 0 Å². The number of fused-ring (bicyclic) bond motifs is 1. The average Bonchev–Trinajstić information content (AvgIpc) is 3.06. The summed E-state index contributed by atoms with van der Waals surface area (Å²) in [7, 11) is 0. The number of benzene rings is 1. The molecule has 0 saturated heterocycles. The van der Waals surface area contributed by atoms with Crippen molar-refractivity contribution in [3.8, 4) is 6.07 Å². The Balaban J connectivity index is 2.13. The molecule has 0 bridgehead atoms. The zero-order chi connectivity index (χ0) is 12.4. The lowest BCUT2D eigenvalue weighted by molar-refractivity contribution is 1.47. The molecule has 3 rings (SSSR count). The molecule has 0 atom stereocenters. The number of para-hydroxylation sites is 1. The molecule has 2 heterocycles. The lowest BCUT2D eigenvalue weighted by Gasteiger charge is -1.94. The quantitative estimate of drug-likeness (QED) is 0.677. The SMILES string of the molecule is N#C/C(=C\c1c[nH]c2ccccc12)c1cccs1. The molecule has 0 spiro atoms. The predicted octanol–water partition coefficient (Wildman–Crippen LogP) is 4.29. The molecular formula is C15H10N2S. The molecule has 3 aromatic rings. The normalized spacial score (nSPS) is 11.6. The summed E-state index contributed by atoms with van der Waals surface area (Å²) in [6, 6.07) is 14.3. The van der Waals surface area contributed by atoms with Crippen molar-refractivity contribution in [1.29, 1.82) is 5.26 Å². The number of aromatic amines is 1. The standard InChI is InChI=1S/C15H10N2S/c16-9-11(15-6-3-7-18-15)8-12-10-17-14-5-2-1-4-13(12)14/h1-8,10,17H/b11-8+. The molecule has 0 aliphatic rings. The molecule has 0 fully saturated rings. The fraction of sp³-hybridized carbons (Fsp3) is 0. The number of nitrogens with one attached hydrogen (secondary N) is 1. The Morgan fingerprint density at radius 1 is 1.22 bits per heavy atom. The van der Waals surface area contributed by atoms with Gasteiger partial charge in [0.15, 0.2) is 0 Å². The Morgan fingerprint density at radius 2 is 2.11 bits per heavy atom. The second-order valence-electron chi connectivity index (χ2n) is 3.94. The predicted molar refractivity (Wildman–Crippen MR) is 76.1 cm³/mol. The van der Waals surface area contributed by atoms with E-state index in [2.05, 4.69) is 17.1 Å². The van der Waals surface area contributed by atoms with Crippen LogP contribution in [-0.2, 0) is 0 Å². The molecule has 0 aliphatic heterocycles. The van der Waals surface area contributed by atoms with Crippen molar-refractivity contribution < 1.29 is 0 Å². The van der Waals surface area contributed by atoms with Crippen molar-refractivity contribution in [2.75, 3.05) is 0 Å². The number of hydrogen-bond acceptors (Lipinski definition) is 2. The van der Waals surface area contributed by atoms with Crippen LogP contribution >= 0.6 is 11.3 Å². The first-order valence-corrected chi connectivity index (χ1v) is 6.48. The monoisotopic (exact) mass is 250 g/mol. The minimum absolute atomic E-state index is 0.703. The molecular weight excluding hydrogens is 240 g/mol. The van der Waals surface area contributed by atoms with E-state index < -0.39 is 0 Å². The summed E-state index contributed by atoms with van der Waals surface area (Å²) in [6.45, 7) is 0. The van der Waals surface area contributed by atoms with E-state index >= 15 is 0 Å². The zero-order valence-corrected chi connectivity index (χ0v) is 10.4. The highest BCUT2D eigenvalue weighted by Crippen LogP contribution is 2.25. The molecule has 1 N–H and O–H groups in total. The first-order valence-electron chi connectivity index (χ1n) is 5.60. The van der Waals surface area contributed by atoms with E-state index in [1.807, 2.05) is 48.0 Å². The first-order chi connectivity index (χ1) is 8.88. The Hall–Kier alpha value is -2.31. The van der Waals surface area contributed by atoms with Gasteiger partial charge in [-0.2, -0.15) is 5.26 Å². The van der Waals surface area contributed by atoms with Crippen molar-refractivity contribution in [2.24, 2.45) is 0 Å². The number of allylic oxidation sites excluding steroid dienone is 1. The van der Waals surface area contributed by atoms with Crippen LogP contribution in [0, 0.1) is 11.3 Å². The van der Waals surface area contributed by atoms with Gasteiger partial charge in [-0.25, -0.2) is 0 Å². The lowest BCUT2D eigenvalue weighted by atomic mass is 10.1. The number of aromatic nitrogens is 1. The maximum absolute atomic E-state index is 9.25. The van der Waals surface area contributed by atoms with Crippen LogP contribution in [0.4, 0.5) is 0 Å². The van der Waals surface area contributed by atoms with Gasteiger partial charge >= 0.3 is 0 Å². The molecule has 0 amide bonds. The Labute approximate surface area is 109 Å². The summed E-state index contributed by atoms with van der Waals surface area (Å²) in [4.78, 5) is 4.21. The van der Waals surface area contributed by atoms with E-state index in [0.717, 1.165) is 21.3 Å². The molecule has 1 aromatic carbocycles. The minimum atomic E-state index is 0.703. The van der Waals surface area contributed by atoms with Crippen molar-refractivity contribution >= 4 is 33.9 Å². The summed E-state index contributed by atoms with van der Waals surface area (Å²) >= 11 is 1.58. The molecule has 3 heteroatoms. The average molecular weight is 250 g/mol. The molecule has 18 heavy (non-hydrogen) atoms. The largest absolute Gasteiger partial charge is 0.361 e. The minimum Gasteiger partial charge on any atom is -0.361 e. The van der Waals surface area contributed by atoms with Crippen LogP contribution < -0.4 is 0 Å². The van der Waals surface area contributed by atoms with Gasteiger partial charge in [0.2, 0.25) is 0 Å². The molecule has 0 saturated carbocycles. The fourth-order valence-corrected chi connectivity index (χ4v) is 2.65. The van der Waals surface area contributed by atoms with Crippen molar-refractivity contribution in [3.05, 3.63) is 58.4 Å². The van der Waals surface area contributed by atoms with Crippen LogP contribution in [-0.4, -0.2) is 4.98 Å². The van der Waals surface area contributed by atoms with Crippen LogP contribution in [0.15, 0.2) is 48.0 Å². The topological polar surface area (TPSA) is 39.6 Å². The van der Waals surface area contributed by atoms with E-state index in [9.17, 15) is 5.26 Å². The third kappa shape index (κ3) is 1.83. The third-order valence-electron chi connectivity index (χ3n) is 2.83. The van der Waals surface area contributed by atoms with Gasteiger partial charge in [0.05, 0.1) is 5.57 Å². The third-order valence-corrected chi connectivity index (χ3v) is 3.73. The highest BCUT2D eigenvalue weighted by atomic mass is 32.1. The number of nitrogens with zero attached hydrogens (tertiary/aromatic N) is 1. The Morgan fingerprint density at radius 3 is 2.89 bits per heavy atom. The van der Waals surface area contributed by atoms with Crippen LogP contribution in [0.25, 0.3) is 22.6 Å². The number of nitriles is 1. The van der Waals surface area contributed by atoms with E-state index in [1.54, 1.807) is 11.3 Å². The summed E-state index contributed by atoms with van der Waals surface area (Å²) in [5.74, 6) is 0. The Kier molecular flexibility index (Phi) is 2.71. The fourth-order valence-electron chi connectivity index (χ4n) is 1.96. The molecule has 0 radical (unpaired) electrons. The summed E-state index contributed by atoms with van der Waals surface area (Å²) in [6.07, 6.45) is 3.88. The van der Waals surface area contributed by atoms with Gasteiger partial charge in [-0.1, -0.05) is 24.3 Å². The van der Waals surface area contributed by atoms with E-state index in [0.29, 0.717) is 5.57 Å². The first kappa shape index (κ1) is 10.8. The number of thiophene rings is 1. The van der Waals surface area contributed by atoms with Gasteiger partial charge in [0.1, 0.15) is 6.07 Å². The second kappa shape index (κ2) is 4.52. The highest BCUT2D eigenvalue weighted by molar-refractivity contribution is 7.11. The molecule has 0 unspecified atom stereocenters. The van der Waals surface area contributed by atoms with Gasteiger partial charge in [-0.05, 0) is 23.6 Å². The van der Waals surface area contributed by atoms with Crippen LogP contribution in [0.3, 0.4) is 0 Å². The van der Waals surface area contributed by atoms with Crippen molar-refractivity contribution in [1.82, 2.24) is 4.98 Å². The van der Waals surface area contributed by atoms with Crippen LogP contribution in [0.2, 0.25) is 0 Å². The number of H-pyrrole nitrogens is 1. The molecule has 0 aliphatic carbocycles. The maximum Gasteiger partial charge on any atom is 0.101 e. The van der Waals surface area contributed by atoms with Crippen LogP contribution in [0.1, 0.15) is 10.4 Å². The van der Waals surface area contributed by atoms with E-state index in [4.69, 9.17) is 0 Å². The van der Waals surface area contributed by atoms with Gasteiger partial charge in [0.25, 0.3) is 0 Å². The van der Waals surface area contributed by atoms with E-state index in [-0.39, 0.29) is 0 Å². The molecule has 86 valence electrons. The highest BCUT2D eigenvalue weighted by Gasteiger charge is 2.05. The molecule has 2 aromatic heterocycles. The zero-order valence-electron chi connectivity index (χ0n) is 9.55. The lowest BCUT2D eigenvalue weighted by Crippen LogP contribution is -1.75. The number of rotatable bonds is 2. The van der Waals surface area contributed by atoms with Gasteiger partial charge in [0, 0.05) is 27.5 Å². The van der Waals surface area contributed by atoms with Crippen molar-refractivity contribution in [3.63, 3.8) is 0 Å². The summed E-state index contributed by atoms with van der Waals surface area (Å²) in [5.41, 5.74) is 2.84. The smallest absolute Gasteiger partial charge is 0.101 e. The summed E-state index contributed by atoms with van der Waals surface area (Å²) < 4.78 is 0. The summed E-state index contributed by atoms with van der Waals surface area (Å²) in [5, 5.41) is 12.4. The van der Waals surface area contributed by atoms with Gasteiger partial charge < -0.3 is 4.98 Å².